The van der Waals surface area contributed by atoms with E-state index in [9.17, 15) is 4.79 Å². The van der Waals surface area contributed by atoms with Crippen molar-refractivity contribution in [1.29, 1.82) is 0 Å². The lowest BCUT2D eigenvalue weighted by Crippen LogP contribution is -2.57. The van der Waals surface area contributed by atoms with Gasteiger partial charge in [-0.3, -0.25) is 9.69 Å². The Bertz CT molecular complexity index is 592. The summed E-state index contributed by atoms with van der Waals surface area (Å²) in [7, 11) is 0. The minimum atomic E-state index is -1.78. The number of nitrogens with zero attached hydrogens (tertiary/aromatic N) is 3. The molecule has 1 aromatic heterocycles. The number of likely N-dealkylation sites (tertiary alicyclic amines) is 2. The van der Waals surface area contributed by atoms with E-state index in [1.165, 1.54) is 0 Å². The molecule has 128 valence electrons. The molecule has 0 radical (unpaired) electrons. The molecule has 3 heterocycles. The Balaban J connectivity index is 1.58. The van der Waals surface area contributed by atoms with Crippen molar-refractivity contribution in [1.82, 2.24) is 15.0 Å². The van der Waals surface area contributed by atoms with Gasteiger partial charge in [-0.1, -0.05) is 5.16 Å². The van der Waals surface area contributed by atoms with Gasteiger partial charge in [-0.25, -0.2) is 4.39 Å². The summed E-state index contributed by atoms with van der Waals surface area (Å²) in [4.78, 5) is 16.1. The van der Waals surface area contributed by atoms with Crippen molar-refractivity contribution in [3.63, 3.8) is 0 Å². The van der Waals surface area contributed by atoms with Crippen molar-refractivity contribution in [2.24, 2.45) is 0 Å². The van der Waals surface area contributed by atoms with Crippen molar-refractivity contribution in [2.45, 2.75) is 50.9 Å². The Morgan fingerprint density at radius 2 is 2.22 bits per heavy atom. The van der Waals surface area contributed by atoms with Crippen molar-refractivity contribution in [3.8, 4) is 0 Å². The molecule has 3 rings (SSSR count). The predicted molar refractivity (Wildman–Crippen MR) is 81.5 cm³/mol. The lowest BCUT2D eigenvalue weighted by molar-refractivity contribution is -0.148. The highest BCUT2D eigenvalue weighted by Gasteiger charge is 2.51. The second-order valence-corrected chi connectivity index (χ2v) is 7.59. The Morgan fingerprint density at radius 3 is 2.74 bits per heavy atom. The summed E-state index contributed by atoms with van der Waals surface area (Å²) in [6.07, 6.45) is 0.253. The SMILES string of the molecule is CC(C)(C)N1CCC(F)(C(=O)N2CC(c3cc(CO)on3)C2)C1. The van der Waals surface area contributed by atoms with Gasteiger partial charge in [0.1, 0.15) is 6.61 Å². The van der Waals surface area contributed by atoms with Gasteiger partial charge in [-0.15, -0.1) is 0 Å². The zero-order chi connectivity index (χ0) is 16.8. The Kier molecular flexibility index (Phi) is 3.96. The van der Waals surface area contributed by atoms with Crippen LogP contribution in [-0.2, 0) is 11.4 Å². The highest BCUT2D eigenvalue weighted by Crippen LogP contribution is 2.36. The van der Waals surface area contributed by atoms with E-state index in [0.29, 0.717) is 31.1 Å². The van der Waals surface area contributed by atoms with Crippen LogP contribution in [0, 0.1) is 0 Å². The van der Waals surface area contributed by atoms with Crippen molar-refractivity contribution in [3.05, 3.63) is 17.5 Å². The molecule has 7 heteroatoms. The summed E-state index contributed by atoms with van der Waals surface area (Å²) in [5.74, 6) is 0.0569. The van der Waals surface area contributed by atoms with Crippen molar-refractivity contribution >= 4 is 5.91 Å². The number of amides is 1. The molecule has 2 aliphatic rings. The van der Waals surface area contributed by atoms with Crippen LogP contribution in [-0.4, -0.2) is 63.4 Å². The first-order valence-electron chi connectivity index (χ1n) is 8.02. The second-order valence-electron chi connectivity index (χ2n) is 7.59. The highest BCUT2D eigenvalue weighted by atomic mass is 19.1. The number of aliphatic hydroxyl groups excluding tert-OH is 1. The molecule has 23 heavy (non-hydrogen) atoms. The third kappa shape index (κ3) is 2.99. The first-order chi connectivity index (χ1) is 10.7. The molecule has 1 unspecified atom stereocenters. The number of aromatic nitrogens is 1. The van der Waals surface area contributed by atoms with Crippen LogP contribution in [0.1, 0.15) is 44.6 Å². The molecule has 2 fully saturated rings. The van der Waals surface area contributed by atoms with Crippen LogP contribution in [0.25, 0.3) is 0 Å². The fraction of sp³-hybridized carbons (Fsp3) is 0.750. The molecule has 2 saturated heterocycles. The molecule has 0 bridgehead atoms. The maximum absolute atomic E-state index is 15.0. The summed E-state index contributed by atoms with van der Waals surface area (Å²) in [5.41, 5.74) is -1.19. The number of hydrogen-bond donors (Lipinski definition) is 1. The molecule has 1 aromatic rings. The van der Waals surface area contributed by atoms with Crippen LogP contribution in [0.4, 0.5) is 4.39 Å². The van der Waals surface area contributed by atoms with Crippen LogP contribution in [0.3, 0.4) is 0 Å². The third-order valence-electron chi connectivity index (χ3n) is 4.87. The normalized spacial score (nSPS) is 26.6. The zero-order valence-corrected chi connectivity index (χ0v) is 13.9. The number of aliphatic hydroxyl groups is 1. The lowest BCUT2D eigenvalue weighted by Gasteiger charge is -2.41. The lowest BCUT2D eigenvalue weighted by atomic mass is 9.92. The quantitative estimate of drug-likeness (QED) is 0.907. The molecule has 0 saturated carbocycles. The fourth-order valence-corrected chi connectivity index (χ4v) is 3.23. The summed E-state index contributed by atoms with van der Waals surface area (Å²) in [5, 5.41) is 12.9. The van der Waals surface area contributed by atoms with Crippen LogP contribution in [0.2, 0.25) is 0 Å². The number of carbonyl (C=O) groups is 1. The first kappa shape index (κ1) is 16.4. The van der Waals surface area contributed by atoms with Crippen LogP contribution in [0.15, 0.2) is 10.6 Å². The van der Waals surface area contributed by atoms with Gasteiger partial charge >= 0.3 is 0 Å². The van der Waals surface area contributed by atoms with Gasteiger partial charge in [0.25, 0.3) is 5.91 Å². The number of hydrogen-bond acceptors (Lipinski definition) is 5. The molecule has 1 amide bonds. The average molecular weight is 325 g/mol. The van der Waals surface area contributed by atoms with Crippen LogP contribution >= 0.6 is 0 Å². The smallest absolute Gasteiger partial charge is 0.261 e. The van der Waals surface area contributed by atoms with Crippen LogP contribution in [0.5, 0.6) is 0 Å². The topological polar surface area (TPSA) is 69.8 Å². The van der Waals surface area contributed by atoms with E-state index < -0.39 is 11.6 Å². The van der Waals surface area contributed by atoms with Gasteiger partial charge < -0.3 is 14.5 Å². The standard InChI is InChI=1S/C16H24FN3O3/c1-15(2,3)20-5-4-16(17,10-20)14(22)19-7-11(8-19)13-6-12(9-21)23-18-13/h6,11,21H,4-5,7-10H2,1-3H3. The highest BCUT2D eigenvalue weighted by molar-refractivity contribution is 5.86. The Labute approximate surface area is 135 Å². The van der Waals surface area contributed by atoms with Gasteiger partial charge in [-0.05, 0) is 20.8 Å². The molecule has 1 atom stereocenters. The number of carbonyl (C=O) groups excluding carboxylic acids is 1. The molecular weight excluding hydrogens is 301 g/mol. The number of alkyl halides is 1. The monoisotopic (exact) mass is 325 g/mol. The van der Waals surface area contributed by atoms with E-state index >= 15 is 4.39 Å². The summed E-state index contributed by atoms with van der Waals surface area (Å²) in [6.45, 7) is 7.58. The van der Waals surface area contributed by atoms with E-state index in [-0.39, 0.29) is 31.0 Å². The van der Waals surface area contributed by atoms with E-state index in [0.717, 1.165) is 0 Å². The van der Waals surface area contributed by atoms with E-state index in [2.05, 4.69) is 5.16 Å². The van der Waals surface area contributed by atoms with E-state index in [1.807, 2.05) is 25.7 Å². The molecule has 0 aromatic carbocycles. The maximum Gasteiger partial charge on any atom is 0.261 e. The minimum absolute atomic E-state index is 0.0618. The number of rotatable bonds is 3. The van der Waals surface area contributed by atoms with Gasteiger partial charge in [0, 0.05) is 50.1 Å². The van der Waals surface area contributed by atoms with E-state index in [1.54, 1.807) is 11.0 Å². The Morgan fingerprint density at radius 1 is 1.52 bits per heavy atom. The molecule has 1 N–H and O–H groups in total. The zero-order valence-electron chi connectivity index (χ0n) is 13.9. The Hall–Kier alpha value is -1.47. The van der Waals surface area contributed by atoms with Crippen molar-refractivity contribution < 1.29 is 18.8 Å². The third-order valence-corrected chi connectivity index (χ3v) is 4.87. The van der Waals surface area contributed by atoms with Crippen molar-refractivity contribution in [2.75, 3.05) is 26.2 Å². The van der Waals surface area contributed by atoms with Gasteiger partial charge in [0.05, 0.1) is 5.69 Å². The maximum atomic E-state index is 15.0. The first-order valence-corrected chi connectivity index (χ1v) is 8.02. The molecule has 0 spiro atoms. The summed E-state index contributed by atoms with van der Waals surface area (Å²) >= 11 is 0. The molecule has 0 aliphatic carbocycles. The fourth-order valence-electron chi connectivity index (χ4n) is 3.23. The minimum Gasteiger partial charge on any atom is -0.388 e. The summed E-state index contributed by atoms with van der Waals surface area (Å²) in [6, 6.07) is 1.69. The molecule has 6 nitrogen and oxygen atoms in total. The largest absolute Gasteiger partial charge is 0.388 e. The number of halogens is 1. The van der Waals surface area contributed by atoms with E-state index in [4.69, 9.17) is 9.63 Å². The second kappa shape index (κ2) is 5.56. The summed E-state index contributed by atoms with van der Waals surface area (Å²) < 4.78 is 20.0. The molecular formula is C16H24FN3O3. The average Bonchev–Trinajstić information content (AvgIpc) is 3.04. The van der Waals surface area contributed by atoms with Gasteiger partial charge in [0.15, 0.2) is 5.76 Å². The van der Waals surface area contributed by atoms with Gasteiger partial charge in [-0.2, -0.15) is 0 Å². The molecule has 2 aliphatic heterocycles. The predicted octanol–water partition coefficient (Wildman–Crippen LogP) is 1.31. The van der Waals surface area contributed by atoms with Gasteiger partial charge in [0.2, 0.25) is 5.67 Å². The van der Waals surface area contributed by atoms with Crippen LogP contribution < -0.4 is 0 Å².